The lowest BCUT2D eigenvalue weighted by Gasteiger charge is -2.24. The van der Waals surface area contributed by atoms with Crippen molar-refractivity contribution in [1.29, 1.82) is 0 Å². The van der Waals surface area contributed by atoms with Crippen molar-refractivity contribution in [1.82, 2.24) is 9.97 Å². The number of aryl methyl sites for hydroxylation is 1. The van der Waals surface area contributed by atoms with Gasteiger partial charge in [-0.25, -0.2) is 9.97 Å². The highest BCUT2D eigenvalue weighted by Gasteiger charge is 2.31. The molecule has 0 saturated heterocycles. The Morgan fingerprint density at radius 2 is 2.04 bits per heavy atom. The molecule has 0 bridgehead atoms. The molecule has 0 spiro atoms. The number of amides is 1. The molecule has 1 aliphatic heterocycles. The summed E-state index contributed by atoms with van der Waals surface area (Å²) in [6.07, 6.45) is 2.38. The second-order valence-electron chi connectivity index (χ2n) is 5.89. The second-order valence-corrected chi connectivity index (χ2v) is 5.89. The molecule has 3 aromatic rings. The van der Waals surface area contributed by atoms with Crippen molar-refractivity contribution in [2.75, 3.05) is 11.4 Å². The number of para-hydroxylation sites is 1. The summed E-state index contributed by atoms with van der Waals surface area (Å²) in [7, 11) is 0. The summed E-state index contributed by atoms with van der Waals surface area (Å²) < 4.78 is 11.3. The molecular formula is C19H17N3O3. The van der Waals surface area contributed by atoms with E-state index in [2.05, 4.69) is 9.97 Å². The number of oxazole rings is 1. The van der Waals surface area contributed by atoms with Gasteiger partial charge in [-0.3, -0.25) is 9.69 Å². The first-order valence-corrected chi connectivity index (χ1v) is 8.11. The van der Waals surface area contributed by atoms with Crippen molar-refractivity contribution < 1.29 is 13.9 Å². The second kappa shape index (κ2) is 6.39. The van der Waals surface area contributed by atoms with Gasteiger partial charge in [0.15, 0.2) is 6.61 Å². The number of fused-ring (bicyclic) bond motifs is 1. The number of rotatable bonds is 4. The van der Waals surface area contributed by atoms with Crippen LogP contribution in [0.1, 0.15) is 27.7 Å². The minimum Gasteiger partial charge on any atom is -0.484 e. The van der Waals surface area contributed by atoms with Gasteiger partial charge in [-0.1, -0.05) is 24.3 Å². The lowest BCUT2D eigenvalue weighted by molar-refractivity contribution is 0.0947. The molecular weight excluding hydrogens is 318 g/mol. The normalized spacial score (nSPS) is 13.6. The number of benzene rings is 1. The number of hydrogen-bond acceptors (Lipinski definition) is 5. The molecule has 0 aliphatic carbocycles. The van der Waals surface area contributed by atoms with E-state index in [1.54, 1.807) is 11.1 Å². The molecule has 0 saturated carbocycles. The molecule has 3 heterocycles. The number of nitrogens with zero attached hydrogens (tertiary/aromatic N) is 3. The molecule has 0 atom stereocenters. The van der Waals surface area contributed by atoms with E-state index in [1.807, 2.05) is 49.4 Å². The van der Waals surface area contributed by atoms with Crippen LogP contribution in [0.2, 0.25) is 0 Å². The van der Waals surface area contributed by atoms with Crippen molar-refractivity contribution in [2.45, 2.75) is 20.0 Å². The van der Waals surface area contributed by atoms with Gasteiger partial charge >= 0.3 is 0 Å². The van der Waals surface area contributed by atoms with Gasteiger partial charge in [0.2, 0.25) is 11.7 Å². The minimum absolute atomic E-state index is 0.188. The summed E-state index contributed by atoms with van der Waals surface area (Å²) in [5.41, 5.74) is 1.73. The van der Waals surface area contributed by atoms with E-state index in [0.29, 0.717) is 30.4 Å². The molecule has 0 fully saturated rings. The number of ether oxygens (including phenoxy) is 1. The van der Waals surface area contributed by atoms with Crippen molar-refractivity contribution in [3.8, 4) is 5.75 Å². The Morgan fingerprint density at radius 1 is 1.20 bits per heavy atom. The zero-order chi connectivity index (χ0) is 17.2. The minimum atomic E-state index is -0.212. The van der Waals surface area contributed by atoms with E-state index in [1.165, 1.54) is 0 Å². The molecule has 126 valence electrons. The van der Waals surface area contributed by atoms with Gasteiger partial charge in [0, 0.05) is 19.2 Å². The average Bonchev–Trinajstić information content (AvgIpc) is 3.06. The van der Waals surface area contributed by atoms with Gasteiger partial charge in [-0.05, 0) is 30.7 Å². The first kappa shape index (κ1) is 15.4. The zero-order valence-electron chi connectivity index (χ0n) is 13.8. The number of hydrogen-bond donors (Lipinski definition) is 0. The van der Waals surface area contributed by atoms with Crippen LogP contribution >= 0.6 is 0 Å². The Bertz CT molecular complexity index is 888. The summed E-state index contributed by atoms with van der Waals surface area (Å²) in [5.74, 6) is 1.83. The van der Waals surface area contributed by atoms with E-state index < -0.39 is 0 Å². The molecule has 0 unspecified atom stereocenters. The highest BCUT2D eigenvalue weighted by Crippen LogP contribution is 2.24. The Kier molecular flexibility index (Phi) is 3.93. The van der Waals surface area contributed by atoms with Crippen LogP contribution in [-0.4, -0.2) is 22.4 Å². The third kappa shape index (κ3) is 3.10. The first-order chi connectivity index (χ1) is 12.2. The Morgan fingerprint density at radius 3 is 2.80 bits per heavy atom. The molecule has 25 heavy (non-hydrogen) atoms. The lowest BCUT2D eigenvalue weighted by atomic mass is 10.1. The van der Waals surface area contributed by atoms with Crippen molar-refractivity contribution >= 4 is 11.7 Å². The molecule has 6 heteroatoms. The quantitative estimate of drug-likeness (QED) is 0.732. The van der Waals surface area contributed by atoms with Crippen molar-refractivity contribution in [2.24, 2.45) is 0 Å². The number of carbonyl (C=O) groups excluding carboxylic acids is 1. The predicted octanol–water partition coefficient (Wildman–Crippen LogP) is 3.16. The maximum absolute atomic E-state index is 12.7. The lowest BCUT2D eigenvalue weighted by Crippen LogP contribution is -2.37. The average molecular weight is 335 g/mol. The topological polar surface area (TPSA) is 68.5 Å². The molecule has 1 amide bonds. The molecule has 1 aromatic carbocycles. The highest BCUT2D eigenvalue weighted by molar-refractivity contribution is 6.05. The molecule has 0 N–H and O–H groups in total. The van der Waals surface area contributed by atoms with Gasteiger partial charge in [0.05, 0.1) is 5.69 Å². The fraction of sp³-hybridized carbons (Fsp3) is 0.211. The van der Waals surface area contributed by atoms with Gasteiger partial charge in [-0.15, -0.1) is 0 Å². The standard InChI is InChI=1S/C19H17N3O3/c1-13-7-8-16(20-11-13)22-10-9-15-18(19(22)23)25-17(21-15)12-24-14-5-3-2-4-6-14/h2-8,11H,9-10,12H2,1H3. The zero-order valence-corrected chi connectivity index (χ0v) is 13.8. The van der Waals surface area contributed by atoms with Crippen LogP contribution in [0.25, 0.3) is 0 Å². The molecule has 2 aromatic heterocycles. The Labute approximate surface area is 145 Å². The van der Waals surface area contributed by atoms with Crippen LogP contribution in [0.5, 0.6) is 5.75 Å². The monoisotopic (exact) mass is 335 g/mol. The van der Waals surface area contributed by atoms with Crippen LogP contribution in [0, 0.1) is 6.92 Å². The molecule has 0 radical (unpaired) electrons. The molecule has 6 nitrogen and oxygen atoms in total. The van der Waals surface area contributed by atoms with E-state index in [-0.39, 0.29) is 18.3 Å². The fourth-order valence-electron chi connectivity index (χ4n) is 2.74. The van der Waals surface area contributed by atoms with Crippen LogP contribution in [0.4, 0.5) is 5.82 Å². The largest absolute Gasteiger partial charge is 0.484 e. The SMILES string of the molecule is Cc1ccc(N2CCc3nc(COc4ccccc4)oc3C2=O)nc1. The van der Waals surface area contributed by atoms with Crippen molar-refractivity contribution in [3.05, 3.63) is 71.6 Å². The summed E-state index contributed by atoms with van der Waals surface area (Å²) in [4.78, 5) is 23.0. The van der Waals surface area contributed by atoms with E-state index in [9.17, 15) is 4.79 Å². The van der Waals surface area contributed by atoms with E-state index >= 15 is 0 Å². The fourth-order valence-corrected chi connectivity index (χ4v) is 2.74. The number of aromatic nitrogens is 2. The number of carbonyl (C=O) groups is 1. The molecule has 1 aliphatic rings. The predicted molar refractivity (Wildman–Crippen MR) is 91.6 cm³/mol. The van der Waals surface area contributed by atoms with Crippen molar-refractivity contribution in [3.63, 3.8) is 0 Å². The van der Waals surface area contributed by atoms with Gasteiger partial charge in [0.1, 0.15) is 11.6 Å². The summed E-state index contributed by atoms with van der Waals surface area (Å²) in [6.45, 7) is 2.68. The van der Waals surface area contributed by atoms with Gasteiger partial charge in [0.25, 0.3) is 5.91 Å². The van der Waals surface area contributed by atoms with Crippen LogP contribution < -0.4 is 9.64 Å². The van der Waals surface area contributed by atoms with Gasteiger partial charge < -0.3 is 9.15 Å². The molecule has 4 rings (SSSR count). The van der Waals surface area contributed by atoms with Gasteiger partial charge in [-0.2, -0.15) is 0 Å². The highest BCUT2D eigenvalue weighted by atomic mass is 16.5. The smallest absolute Gasteiger partial charge is 0.297 e. The Hall–Kier alpha value is -3.15. The first-order valence-electron chi connectivity index (χ1n) is 8.11. The third-order valence-corrected chi connectivity index (χ3v) is 4.03. The third-order valence-electron chi connectivity index (χ3n) is 4.03. The van der Waals surface area contributed by atoms with Crippen LogP contribution in [0.15, 0.2) is 53.1 Å². The Balaban J connectivity index is 1.51. The van der Waals surface area contributed by atoms with E-state index in [4.69, 9.17) is 9.15 Å². The van der Waals surface area contributed by atoms with Crippen LogP contribution in [-0.2, 0) is 13.0 Å². The summed E-state index contributed by atoms with van der Waals surface area (Å²) in [5, 5.41) is 0. The maximum Gasteiger partial charge on any atom is 0.297 e. The number of anilines is 1. The summed E-state index contributed by atoms with van der Waals surface area (Å²) in [6, 6.07) is 13.2. The summed E-state index contributed by atoms with van der Waals surface area (Å²) >= 11 is 0. The number of pyridine rings is 1. The van der Waals surface area contributed by atoms with E-state index in [0.717, 1.165) is 11.3 Å². The maximum atomic E-state index is 12.7. The van der Waals surface area contributed by atoms with Crippen LogP contribution in [0.3, 0.4) is 0 Å².